The van der Waals surface area contributed by atoms with E-state index in [1.165, 1.54) is 0 Å². The van der Waals surface area contributed by atoms with E-state index in [4.69, 9.17) is 0 Å². The molecule has 2 rings (SSSR count). The van der Waals surface area contributed by atoms with E-state index in [9.17, 15) is 18.0 Å². The fourth-order valence-electron chi connectivity index (χ4n) is 2.74. The summed E-state index contributed by atoms with van der Waals surface area (Å²) in [5.41, 5.74) is 1.91. The van der Waals surface area contributed by atoms with Gasteiger partial charge in [0.1, 0.15) is 12.3 Å². The standard InChI is InChI=1S/C20H24N2O4S/c1-27(25,26)22-19(13-12-16-8-4-2-5-9-16)20(24)21-18(15-23)14-17-10-6-3-7-11-17/h2-11,15,18-19,22H,12-14H2,1H3,(H,21,24)/t18-,19+/m0/s1. The molecule has 0 spiro atoms. The van der Waals surface area contributed by atoms with Crippen molar-refractivity contribution in [1.82, 2.24) is 10.0 Å². The molecule has 27 heavy (non-hydrogen) atoms. The number of hydrogen-bond acceptors (Lipinski definition) is 4. The third-order valence-corrected chi connectivity index (χ3v) is 4.74. The summed E-state index contributed by atoms with van der Waals surface area (Å²) in [5, 5.41) is 2.64. The van der Waals surface area contributed by atoms with E-state index in [0.29, 0.717) is 25.5 Å². The maximum atomic E-state index is 12.6. The topological polar surface area (TPSA) is 92.3 Å². The number of benzene rings is 2. The first-order valence-corrected chi connectivity index (χ1v) is 10.6. The minimum absolute atomic E-state index is 0.291. The number of aldehydes is 1. The molecule has 0 fully saturated rings. The van der Waals surface area contributed by atoms with Crippen molar-refractivity contribution in [3.63, 3.8) is 0 Å². The Morgan fingerprint density at radius 2 is 1.56 bits per heavy atom. The second kappa shape index (κ2) is 9.99. The van der Waals surface area contributed by atoms with E-state index in [1.54, 1.807) is 0 Å². The number of nitrogens with one attached hydrogen (secondary N) is 2. The zero-order valence-electron chi connectivity index (χ0n) is 15.2. The Bertz CT molecular complexity index is 839. The lowest BCUT2D eigenvalue weighted by molar-refractivity contribution is -0.125. The van der Waals surface area contributed by atoms with Gasteiger partial charge < -0.3 is 10.1 Å². The van der Waals surface area contributed by atoms with Crippen LogP contribution in [0.1, 0.15) is 17.5 Å². The van der Waals surface area contributed by atoms with Crippen LogP contribution in [0.3, 0.4) is 0 Å². The van der Waals surface area contributed by atoms with Crippen LogP contribution in [-0.2, 0) is 32.5 Å². The third-order valence-electron chi connectivity index (χ3n) is 4.03. The molecule has 0 radical (unpaired) electrons. The summed E-state index contributed by atoms with van der Waals surface area (Å²) in [7, 11) is -3.57. The molecule has 0 aliphatic rings. The van der Waals surface area contributed by atoms with Crippen molar-refractivity contribution in [2.24, 2.45) is 0 Å². The quantitative estimate of drug-likeness (QED) is 0.603. The average Bonchev–Trinajstić information content (AvgIpc) is 2.65. The largest absolute Gasteiger partial charge is 0.345 e. The SMILES string of the molecule is CS(=O)(=O)N[C@H](CCc1ccccc1)C(=O)N[C@H](C=O)Cc1ccccc1. The summed E-state index contributed by atoms with van der Waals surface area (Å²) in [5.74, 6) is -0.510. The van der Waals surface area contributed by atoms with Gasteiger partial charge in [-0.1, -0.05) is 60.7 Å². The monoisotopic (exact) mass is 388 g/mol. The Kier molecular flexibility index (Phi) is 7.69. The second-order valence-electron chi connectivity index (χ2n) is 6.41. The van der Waals surface area contributed by atoms with Crippen LogP contribution in [0.2, 0.25) is 0 Å². The summed E-state index contributed by atoms with van der Waals surface area (Å²) in [6.07, 6.45) is 2.85. The molecule has 0 saturated carbocycles. The smallest absolute Gasteiger partial charge is 0.238 e. The second-order valence-corrected chi connectivity index (χ2v) is 8.19. The highest BCUT2D eigenvalue weighted by Crippen LogP contribution is 2.07. The van der Waals surface area contributed by atoms with Crippen LogP contribution in [-0.4, -0.2) is 39.0 Å². The highest BCUT2D eigenvalue weighted by Gasteiger charge is 2.24. The number of sulfonamides is 1. The number of carbonyl (C=O) groups is 2. The molecular formula is C20H24N2O4S. The van der Waals surface area contributed by atoms with E-state index in [0.717, 1.165) is 17.4 Å². The Balaban J connectivity index is 2.03. The van der Waals surface area contributed by atoms with Gasteiger partial charge in [-0.25, -0.2) is 13.1 Å². The van der Waals surface area contributed by atoms with Crippen molar-refractivity contribution in [3.8, 4) is 0 Å². The minimum atomic E-state index is -3.57. The lowest BCUT2D eigenvalue weighted by Crippen LogP contribution is -2.50. The summed E-state index contributed by atoms with van der Waals surface area (Å²) in [6, 6.07) is 17.1. The molecule has 0 unspecified atom stereocenters. The van der Waals surface area contributed by atoms with Gasteiger partial charge in [0.2, 0.25) is 15.9 Å². The van der Waals surface area contributed by atoms with E-state index in [1.807, 2.05) is 60.7 Å². The van der Waals surface area contributed by atoms with Crippen molar-refractivity contribution in [1.29, 1.82) is 0 Å². The fourth-order valence-corrected chi connectivity index (χ4v) is 3.48. The highest BCUT2D eigenvalue weighted by atomic mass is 32.2. The lowest BCUT2D eigenvalue weighted by atomic mass is 10.0. The van der Waals surface area contributed by atoms with Crippen molar-refractivity contribution in [3.05, 3.63) is 71.8 Å². The van der Waals surface area contributed by atoms with Crippen molar-refractivity contribution >= 4 is 22.2 Å². The van der Waals surface area contributed by atoms with Gasteiger partial charge in [-0.3, -0.25) is 4.79 Å². The Labute approximate surface area is 160 Å². The van der Waals surface area contributed by atoms with Gasteiger partial charge in [0, 0.05) is 0 Å². The van der Waals surface area contributed by atoms with Crippen molar-refractivity contribution < 1.29 is 18.0 Å². The molecule has 2 aromatic carbocycles. The first-order valence-electron chi connectivity index (χ1n) is 8.68. The zero-order chi connectivity index (χ0) is 19.7. The van der Waals surface area contributed by atoms with E-state index in [-0.39, 0.29) is 0 Å². The van der Waals surface area contributed by atoms with E-state index < -0.39 is 28.0 Å². The van der Waals surface area contributed by atoms with Gasteiger partial charge in [0.05, 0.1) is 12.3 Å². The molecule has 0 saturated heterocycles. The van der Waals surface area contributed by atoms with Gasteiger partial charge in [0.15, 0.2) is 0 Å². The molecule has 0 aromatic heterocycles. The summed E-state index contributed by atoms with van der Waals surface area (Å²) >= 11 is 0. The Morgan fingerprint density at radius 1 is 1.00 bits per heavy atom. The first kappa shape index (κ1) is 20.8. The summed E-state index contributed by atoms with van der Waals surface area (Å²) in [6.45, 7) is 0. The van der Waals surface area contributed by atoms with Gasteiger partial charge in [0.25, 0.3) is 0 Å². The van der Waals surface area contributed by atoms with Crippen molar-refractivity contribution in [2.75, 3.05) is 6.26 Å². The molecule has 2 atom stereocenters. The van der Waals surface area contributed by atoms with Crippen molar-refractivity contribution in [2.45, 2.75) is 31.3 Å². The fraction of sp³-hybridized carbons (Fsp3) is 0.300. The average molecular weight is 388 g/mol. The first-order chi connectivity index (χ1) is 12.9. The molecule has 0 bridgehead atoms. The van der Waals surface area contributed by atoms with Gasteiger partial charge in [-0.05, 0) is 30.4 Å². The summed E-state index contributed by atoms with van der Waals surface area (Å²) < 4.78 is 25.7. The Hall–Kier alpha value is -2.51. The summed E-state index contributed by atoms with van der Waals surface area (Å²) in [4.78, 5) is 24.0. The molecule has 144 valence electrons. The molecule has 0 heterocycles. The van der Waals surface area contributed by atoms with Gasteiger partial charge in [-0.2, -0.15) is 0 Å². The number of carbonyl (C=O) groups excluding carboxylic acids is 2. The van der Waals surface area contributed by atoms with Crippen LogP contribution in [0, 0.1) is 0 Å². The molecule has 0 aliphatic carbocycles. The van der Waals surface area contributed by atoms with E-state index >= 15 is 0 Å². The maximum absolute atomic E-state index is 12.6. The predicted molar refractivity (Wildman–Crippen MR) is 105 cm³/mol. The van der Waals surface area contributed by atoms with Crippen LogP contribution in [0.5, 0.6) is 0 Å². The minimum Gasteiger partial charge on any atom is -0.345 e. The zero-order valence-corrected chi connectivity index (χ0v) is 16.0. The van der Waals surface area contributed by atoms with Gasteiger partial charge in [-0.15, -0.1) is 0 Å². The lowest BCUT2D eigenvalue weighted by Gasteiger charge is -2.20. The number of amides is 1. The van der Waals surface area contributed by atoms with Crippen LogP contribution in [0.4, 0.5) is 0 Å². The number of aryl methyl sites for hydroxylation is 1. The molecule has 6 nitrogen and oxygen atoms in total. The molecule has 7 heteroatoms. The highest BCUT2D eigenvalue weighted by molar-refractivity contribution is 7.88. The molecule has 0 aliphatic heterocycles. The third kappa shape index (κ3) is 7.72. The molecule has 2 N–H and O–H groups in total. The van der Waals surface area contributed by atoms with Crippen LogP contribution >= 0.6 is 0 Å². The predicted octanol–water partition coefficient (Wildman–Crippen LogP) is 1.46. The van der Waals surface area contributed by atoms with Crippen LogP contribution in [0.15, 0.2) is 60.7 Å². The molecule has 2 aromatic rings. The van der Waals surface area contributed by atoms with Gasteiger partial charge >= 0.3 is 0 Å². The van der Waals surface area contributed by atoms with Crippen LogP contribution < -0.4 is 10.0 Å². The van der Waals surface area contributed by atoms with Crippen LogP contribution in [0.25, 0.3) is 0 Å². The maximum Gasteiger partial charge on any atom is 0.238 e. The number of hydrogen-bond donors (Lipinski definition) is 2. The normalized spacial score (nSPS) is 13.5. The van der Waals surface area contributed by atoms with E-state index in [2.05, 4.69) is 10.0 Å². The Morgan fingerprint density at radius 3 is 2.07 bits per heavy atom. The molecular weight excluding hydrogens is 364 g/mol. The molecule has 1 amide bonds. The number of rotatable bonds is 10.